The first-order valence-electron chi connectivity index (χ1n) is 11.1. The highest BCUT2D eigenvalue weighted by Crippen LogP contribution is 2.41. The van der Waals surface area contributed by atoms with Gasteiger partial charge in [0.25, 0.3) is 5.56 Å². The number of carbonyl (C=O) groups is 1. The molecule has 0 atom stereocenters. The summed E-state index contributed by atoms with van der Waals surface area (Å²) < 4.78 is 13.8. The quantitative estimate of drug-likeness (QED) is 0.279. The van der Waals surface area contributed by atoms with Crippen LogP contribution in [-0.2, 0) is 0 Å². The van der Waals surface area contributed by atoms with Crippen molar-refractivity contribution < 1.29 is 23.8 Å². The summed E-state index contributed by atoms with van der Waals surface area (Å²) in [6.45, 7) is 3.84. The maximum Gasteiger partial charge on any atom is 0.335 e. The standard InChI is InChI=1S/C26H19N3O7/c1-11(2)29-24-19(25(32)28-29)18(23-20(27-24)14-7-8-15(30)21(31)22(14)36-23)17-10-9-16(35-17)12-3-5-13(6-4-12)26(33)34/h3-11,27,31H,1-2H3,(H,28,32)(H,33,34). The van der Waals surface area contributed by atoms with E-state index in [9.17, 15) is 19.5 Å². The minimum atomic E-state index is -1.03. The highest BCUT2D eigenvalue weighted by atomic mass is 16.4. The van der Waals surface area contributed by atoms with Gasteiger partial charge in [0.05, 0.1) is 22.0 Å². The van der Waals surface area contributed by atoms with Crippen LogP contribution < -0.4 is 11.0 Å². The van der Waals surface area contributed by atoms with Crippen molar-refractivity contribution in [2.45, 2.75) is 19.9 Å². The number of nitrogens with zero attached hydrogens (tertiary/aromatic N) is 1. The zero-order valence-electron chi connectivity index (χ0n) is 19.1. The molecule has 4 N–H and O–H groups in total. The van der Waals surface area contributed by atoms with Crippen LogP contribution in [0.2, 0.25) is 0 Å². The summed E-state index contributed by atoms with van der Waals surface area (Å²) >= 11 is 0. The van der Waals surface area contributed by atoms with Crippen LogP contribution in [0.25, 0.3) is 55.7 Å². The zero-order valence-corrected chi connectivity index (χ0v) is 19.1. The fourth-order valence-corrected chi connectivity index (χ4v) is 4.49. The van der Waals surface area contributed by atoms with Gasteiger partial charge in [0.15, 0.2) is 11.2 Å². The maximum absolute atomic E-state index is 13.1. The van der Waals surface area contributed by atoms with E-state index in [1.54, 1.807) is 35.0 Å². The molecular weight excluding hydrogens is 466 g/mol. The fourth-order valence-electron chi connectivity index (χ4n) is 4.49. The first-order chi connectivity index (χ1) is 17.2. The van der Waals surface area contributed by atoms with E-state index >= 15 is 0 Å². The molecule has 0 amide bonds. The number of aromatic amines is 2. The summed E-state index contributed by atoms with van der Waals surface area (Å²) in [4.78, 5) is 39.6. The molecule has 0 unspecified atom stereocenters. The number of furan rings is 2. The SMILES string of the molecule is CC(C)n1[nH]c(=O)c2c(-c3ccc(-c4ccc(C(=O)O)cc4)o3)c3oc4c(O)c(=O)ccc4c3[nH]c21. The van der Waals surface area contributed by atoms with Gasteiger partial charge >= 0.3 is 5.97 Å². The van der Waals surface area contributed by atoms with E-state index in [0.29, 0.717) is 44.6 Å². The molecule has 10 nitrogen and oxygen atoms in total. The zero-order chi connectivity index (χ0) is 25.3. The van der Waals surface area contributed by atoms with Gasteiger partial charge in [0.2, 0.25) is 11.2 Å². The average molecular weight is 485 g/mol. The monoisotopic (exact) mass is 485 g/mol. The van der Waals surface area contributed by atoms with E-state index in [1.165, 1.54) is 18.2 Å². The van der Waals surface area contributed by atoms with Crippen LogP contribution in [0.4, 0.5) is 0 Å². The predicted octanol–water partition coefficient (Wildman–Crippen LogP) is 4.83. The van der Waals surface area contributed by atoms with Crippen molar-refractivity contribution in [2.75, 3.05) is 0 Å². The normalized spacial score (nSPS) is 11.9. The number of H-pyrrole nitrogens is 2. The smallest absolute Gasteiger partial charge is 0.335 e. The highest BCUT2D eigenvalue weighted by molar-refractivity contribution is 6.14. The van der Waals surface area contributed by atoms with Gasteiger partial charge in [-0.1, -0.05) is 12.1 Å². The number of hydrogen-bond acceptors (Lipinski definition) is 6. The third-order valence-electron chi connectivity index (χ3n) is 6.23. The maximum atomic E-state index is 13.1. The second-order valence-corrected chi connectivity index (χ2v) is 8.77. The Hall–Kier alpha value is -4.99. The van der Waals surface area contributed by atoms with E-state index in [0.717, 1.165) is 0 Å². The minimum Gasteiger partial charge on any atom is -0.502 e. The lowest BCUT2D eigenvalue weighted by Gasteiger charge is -2.09. The average Bonchev–Trinajstić information content (AvgIpc) is 3.57. The summed E-state index contributed by atoms with van der Waals surface area (Å²) in [7, 11) is 0. The number of phenolic OH excluding ortho intramolecular Hbond substituents is 1. The topological polar surface area (TPSA) is 154 Å². The van der Waals surface area contributed by atoms with Crippen LogP contribution in [0.3, 0.4) is 0 Å². The molecule has 10 heteroatoms. The Bertz CT molecular complexity index is 1950. The number of hydrogen-bond donors (Lipinski definition) is 4. The van der Waals surface area contributed by atoms with Gasteiger partial charge in [-0.3, -0.25) is 19.4 Å². The highest BCUT2D eigenvalue weighted by Gasteiger charge is 2.25. The molecule has 0 bridgehead atoms. The van der Waals surface area contributed by atoms with Crippen LogP contribution in [0.5, 0.6) is 5.75 Å². The van der Waals surface area contributed by atoms with Gasteiger partial charge in [0, 0.05) is 17.0 Å². The molecule has 0 radical (unpaired) electrons. The van der Waals surface area contributed by atoms with Gasteiger partial charge in [-0.25, -0.2) is 4.79 Å². The van der Waals surface area contributed by atoms with E-state index in [1.807, 2.05) is 13.8 Å². The molecule has 0 aliphatic rings. The molecule has 6 rings (SSSR count). The largest absolute Gasteiger partial charge is 0.502 e. The molecule has 0 saturated carbocycles. The number of fused-ring (bicyclic) bond motifs is 4. The van der Waals surface area contributed by atoms with Gasteiger partial charge in [-0.05, 0) is 50.2 Å². The molecule has 4 aromatic heterocycles. The molecule has 0 saturated heterocycles. The minimum absolute atomic E-state index is 0.00576. The number of phenols is 1. The summed E-state index contributed by atoms with van der Waals surface area (Å²) in [6, 6.07) is 12.3. The second-order valence-electron chi connectivity index (χ2n) is 8.77. The molecule has 4 heterocycles. The van der Waals surface area contributed by atoms with Crippen LogP contribution in [-0.4, -0.2) is 30.9 Å². The molecule has 0 aliphatic heterocycles. The number of aromatic nitrogens is 3. The lowest BCUT2D eigenvalue weighted by atomic mass is 10.1. The molecular formula is C26H19N3O7. The summed E-state index contributed by atoms with van der Waals surface area (Å²) in [5, 5.41) is 23.1. The first-order valence-corrected chi connectivity index (χ1v) is 11.1. The van der Waals surface area contributed by atoms with E-state index in [2.05, 4.69) is 10.1 Å². The Morgan fingerprint density at radius 3 is 2.36 bits per heavy atom. The molecule has 180 valence electrons. The lowest BCUT2D eigenvalue weighted by molar-refractivity contribution is 0.0697. The van der Waals surface area contributed by atoms with Crippen molar-refractivity contribution in [1.82, 2.24) is 14.8 Å². The lowest BCUT2D eigenvalue weighted by Crippen LogP contribution is -2.07. The predicted molar refractivity (Wildman–Crippen MR) is 133 cm³/mol. The Kier molecular flexibility index (Phi) is 4.49. The molecule has 6 aromatic rings. The Morgan fingerprint density at radius 2 is 1.67 bits per heavy atom. The summed E-state index contributed by atoms with van der Waals surface area (Å²) in [5.41, 5.74) is 1.43. The van der Waals surface area contributed by atoms with E-state index in [4.69, 9.17) is 13.9 Å². The molecule has 0 spiro atoms. The van der Waals surface area contributed by atoms with Crippen LogP contribution in [0.15, 0.2) is 67.0 Å². The van der Waals surface area contributed by atoms with Gasteiger partial charge in [0.1, 0.15) is 17.2 Å². The molecule has 36 heavy (non-hydrogen) atoms. The Balaban J connectivity index is 1.68. The van der Waals surface area contributed by atoms with Crippen LogP contribution in [0.1, 0.15) is 30.2 Å². The van der Waals surface area contributed by atoms with Crippen molar-refractivity contribution in [1.29, 1.82) is 0 Å². The number of aromatic carboxylic acids is 1. The number of pyridine rings is 1. The fraction of sp³-hybridized carbons (Fsp3) is 0.115. The van der Waals surface area contributed by atoms with Gasteiger partial charge in [-0.2, -0.15) is 0 Å². The second kappa shape index (κ2) is 7.51. The van der Waals surface area contributed by atoms with Crippen LogP contribution in [0, 0.1) is 0 Å². The molecule has 0 fully saturated rings. The van der Waals surface area contributed by atoms with Crippen molar-refractivity contribution in [3.05, 3.63) is 74.7 Å². The third kappa shape index (κ3) is 3.01. The number of aromatic hydroxyl groups is 1. The van der Waals surface area contributed by atoms with Crippen LogP contribution >= 0.6 is 0 Å². The summed E-state index contributed by atoms with van der Waals surface area (Å²) in [6.07, 6.45) is 0. The van der Waals surface area contributed by atoms with Crippen molar-refractivity contribution in [3.63, 3.8) is 0 Å². The van der Waals surface area contributed by atoms with Gasteiger partial charge in [-0.15, -0.1) is 0 Å². The van der Waals surface area contributed by atoms with Gasteiger partial charge < -0.3 is 24.0 Å². The molecule has 0 aliphatic carbocycles. The first kappa shape index (κ1) is 21.5. The van der Waals surface area contributed by atoms with Crippen molar-refractivity contribution >= 4 is 39.1 Å². The van der Waals surface area contributed by atoms with Crippen molar-refractivity contribution in [2.24, 2.45) is 0 Å². The Labute approximate surface area is 201 Å². The van der Waals surface area contributed by atoms with E-state index in [-0.39, 0.29) is 28.3 Å². The molecule has 2 aromatic carbocycles. The van der Waals surface area contributed by atoms with Crippen molar-refractivity contribution in [3.8, 4) is 28.4 Å². The number of carboxylic acid groups (broad SMARTS) is 1. The number of benzene rings is 2. The Morgan fingerprint density at radius 1 is 0.944 bits per heavy atom. The number of carboxylic acids is 1. The summed E-state index contributed by atoms with van der Waals surface area (Å²) in [5.74, 6) is -0.775. The number of nitrogens with one attached hydrogen (secondary N) is 2. The van der Waals surface area contributed by atoms with E-state index < -0.39 is 17.1 Å². The third-order valence-corrected chi connectivity index (χ3v) is 6.23. The number of rotatable bonds is 4.